The molecule has 5 heteroatoms. The molecule has 1 aromatic rings. The van der Waals surface area contributed by atoms with Gasteiger partial charge in [0.05, 0.1) is 23.8 Å². The van der Waals surface area contributed by atoms with E-state index >= 15 is 0 Å². The summed E-state index contributed by atoms with van der Waals surface area (Å²) < 4.78 is 19.5. The number of aliphatic hydroxyl groups excluding tert-OH is 1. The molecule has 110 valence electrons. The summed E-state index contributed by atoms with van der Waals surface area (Å²) in [5, 5.41) is 11.5. The highest BCUT2D eigenvalue weighted by atomic mass is 19.1. The van der Waals surface area contributed by atoms with Crippen LogP contribution in [0.25, 0.3) is 0 Å². The molecule has 2 bridgehead atoms. The van der Waals surface area contributed by atoms with E-state index in [1.54, 1.807) is 0 Å². The van der Waals surface area contributed by atoms with Crippen molar-refractivity contribution in [2.75, 3.05) is 6.61 Å². The summed E-state index contributed by atoms with van der Waals surface area (Å²) in [6.07, 6.45) is 3.06. The maximum Gasteiger partial charge on any atom is 0.254 e. The molecule has 1 aromatic carbocycles. The number of nitrogens with one attached hydrogen (secondary N) is 1. The zero-order valence-electron chi connectivity index (χ0n) is 11.4. The third kappa shape index (κ3) is 2.92. The lowest BCUT2D eigenvalue weighted by Crippen LogP contribution is -2.41. The van der Waals surface area contributed by atoms with Gasteiger partial charge in [-0.05, 0) is 37.5 Å². The van der Waals surface area contributed by atoms with Gasteiger partial charge in [0.2, 0.25) is 0 Å². The van der Waals surface area contributed by atoms with Gasteiger partial charge in [-0.2, -0.15) is 0 Å². The summed E-state index contributed by atoms with van der Waals surface area (Å²) in [4.78, 5) is 12.2. The van der Waals surface area contributed by atoms with Gasteiger partial charge in [0, 0.05) is 5.56 Å². The van der Waals surface area contributed by atoms with Gasteiger partial charge in [0.1, 0.15) is 12.4 Å². The molecular formula is C16H16FNO3. The summed E-state index contributed by atoms with van der Waals surface area (Å²) in [5.74, 6) is 4.12. The maximum absolute atomic E-state index is 13.8. The molecule has 21 heavy (non-hydrogen) atoms. The van der Waals surface area contributed by atoms with Crippen LogP contribution in [-0.4, -0.2) is 35.9 Å². The van der Waals surface area contributed by atoms with E-state index < -0.39 is 11.7 Å². The zero-order chi connectivity index (χ0) is 14.8. The van der Waals surface area contributed by atoms with Crippen molar-refractivity contribution in [1.82, 2.24) is 5.32 Å². The smallest absolute Gasteiger partial charge is 0.254 e. The number of hydrogen-bond donors (Lipinski definition) is 2. The Hall–Kier alpha value is -1.90. The van der Waals surface area contributed by atoms with Crippen LogP contribution in [-0.2, 0) is 4.74 Å². The number of rotatable bonds is 2. The first-order valence-corrected chi connectivity index (χ1v) is 7.03. The van der Waals surface area contributed by atoms with Crippen LogP contribution in [0.3, 0.4) is 0 Å². The molecule has 1 amide bonds. The number of carbonyl (C=O) groups is 1. The molecule has 0 spiro atoms. The number of aliphatic hydroxyl groups is 1. The molecule has 0 aromatic heterocycles. The second-order valence-corrected chi connectivity index (χ2v) is 5.34. The fourth-order valence-electron chi connectivity index (χ4n) is 2.95. The number of carbonyl (C=O) groups excluding carboxylic acids is 1. The standard InChI is InChI=1S/C16H16FNO3/c17-13-5-3-10(2-1-7-19)8-12(13)16(20)18-14-9-11-4-6-15(14)21-11/h3,5,8,11,14-15,19H,4,6-7,9H2,(H,18,20). The van der Waals surface area contributed by atoms with E-state index in [4.69, 9.17) is 9.84 Å². The zero-order valence-corrected chi connectivity index (χ0v) is 11.4. The lowest BCUT2D eigenvalue weighted by atomic mass is 9.95. The molecule has 0 aliphatic carbocycles. The van der Waals surface area contributed by atoms with Gasteiger partial charge in [-0.25, -0.2) is 4.39 Å². The molecule has 3 atom stereocenters. The fourth-order valence-corrected chi connectivity index (χ4v) is 2.95. The van der Waals surface area contributed by atoms with E-state index in [9.17, 15) is 9.18 Å². The van der Waals surface area contributed by atoms with Crippen LogP contribution in [0.5, 0.6) is 0 Å². The Morgan fingerprint density at radius 2 is 2.33 bits per heavy atom. The van der Waals surface area contributed by atoms with Crippen LogP contribution in [0.2, 0.25) is 0 Å². The van der Waals surface area contributed by atoms with Gasteiger partial charge in [-0.15, -0.1) is 0 Å². The van der Waals surface area contributed by atoms with Gasteiger partial charge >= 0.3 is 0 Å². The van der Waals surface area contributed by atoms with Gasteiger partial charge < -0.3 is 15.2 Å². The van der Waals surface area contributed by atoms with Crippen molar-refractivity contribution in [2.24, 2.45) is 0 Å². The molecular weight excluding hydrogens is 273 g/mol. The van der Waals surface area contributed by atoms with E-state index in [2.05, 4.69) is 17.2 Å². The Balaban J connectivity index is 1.74. The molecule has 2 aliphatic heterocycles. The van der Waals surface area contributed by atoms with Gasteiger partial charge in [0.15, 0.2) is 0 Å². The van der Waals surface area contributed by atoms with Gasteiger partial charge in [0.25, 0.3) is 5.91 Å². The van der Waals surface area contributed by atoms with Crippen LogP contribution in [0.1, 0.15) is 35.2 Å². The van der Waals surface area contributed by atoms with Crippen LogP contribution in [0.15, 0.2) is 18.2 Å². The van der Waals surface area contributed by atoms with Crippen LogP contribution in [0, 0.1) is 17.7 Å². The number of benzene rings is 1. The first-order valence-electron chi connectivity index (χ1n) is 7.03. The largest absolute Gasteiger partial charge is 0.384 e. The van der Waals surface area contributed by atoms with Crippen molar-refractivity contribution < 1.29 is 19.0 Å². The average molecular weight is 289 g/mol. The highest BCUT2D eigenvalue weighted by Crippen LogP contribution is 2.34. The number of fused-ring (bicyclic) bond motifs is 2. The Morgan fingerprint density at radius 1 is 1.48 bits per heavy atom. The summed E-state index contributed by atoms with van der Waals surface area (Å²) in [6, 6.07) is 4.06. The van der Waals surface area contributed by atoms with E-state index in [0.29, 0.717) is 5.56 Å². The van der Waals surface area contributed by atoms with Crippen LogP contribution in [0.4, 0.5) is 4.39 Å². The number of ether oxygens (including phenoxy) is 1. The minimum absolute atomic E-state index is 0.0255. The summed E-state index contributed by atoms with van der Waals surface area (Å²) in [5.41, 5.74) is 0.474. The maximum atomic E-state index is 13.8. The quantitative estimate of drug-likeness (QED) is 0.805. The molecule has 0 saturated carbocycles. The third-order valence-electron chi connectivity index (χ3n) is 3.95. The van der Waals surface area contributed by atoms with E-state index in [-0.39, 0.29) is 30.4 Å². The lowest BCUT2D eigenvalue weighted by Gasteiger charge is -2.20. The fraction of sp³-hybridized carbons (Fsp3) is 0.438. The van der Waals surface area contributed by atoms with Crippen molar-refractivity contribution in [3.8, 4) is 11.8 Å². The van der Waals surface area contributed by atoms with E-state index in [1.807, 2.05) is 0 Å². The number of hydrogen-bond acceptors (Lipinski definition) is 3. The minimum Gasteiger partial charge on any atom is -0.384 e. The summed E-state index contributed by atoms with van der Waals surface area (Å²) in [6.45, 7) is -0.276. The molecule has 2 heterocycles. The predicted molar refractivity (Wildman–Crippen MR) is 74.1 cm³/mol. The number of amides is 1. The molecule has 2 fully saturated rings. The molecule has 3 unspecified atom stereocenters. The SMILES string of the molecule is O=C(NC1CC2CCC1O2)c1cc(C#CCO)ccc1F. The average Bonchev–Trinajstić information content (AvgIpc) is 3.09. The Morgan fingerprint density at radius 3 is 3.00 bits per heavy atom. The normalized spacial score (nSPS) is 26.3. The highest BCUT2D eigenvalue weighted by molar-refractivity contribution is 5.95. The summed E-state index contributed by atoms with van der Waals surface area (Å²) in [7, 11) is 0. The Bertz CT molecular complexity index is 620. The minimum atomic E-state index is -0.578. The monoisotopic (exact) mass is 289 g/mol. The van der Waals surface area contributed by atoms with E-state index in [1.165, 1.54) is 18.2 Å². The molecule has 2 aliphatic rings. The van der Waals surface area contributed by atoms with E-state index in [0.717, 1.165) is 19.3 Å². The molecule has 2 saturated heterocycles. The summed E-state index contributed by atoms with van der Waals surface area (Å²) >= 11 is 0. The number of halogens is 1. The first kappa shape index (κ1) is 14.1. The second-order valence-electron chi connectivity index (χ2n) is 5.34. The van der Waals surface area contributed by atoms with Gasteiger partial charge in [-0.1, -0.05) is 11.8 Å². The van der Waals surface area contributed by atoms with Crippen molar-refractivity contribution in [3.63, 3.8) is 0 Å². The van der Waals surface area contributed by atoms with Crippen molar-refractivity contribution in [1.29, 1.82) is 0 Å². The highest BCUT2D eigenvalue weighted by Gasteiger charge is 2.41. The lowest BCUT2D eigenvalue weighted by molar-refractivity contribution is 0.0838. The second kappa shape index (κ2) is 5.84. The Kier molecular flexibility index (Phi) is 3.91. The van der Waals surface area contributed by atoms with Crippen LogP contribution >= 0.6 is 0 Å². The third-order valence-corrected chi connectivity index (χ3v) is 3.95. The Labute approximate surface area is 122 Å². The topological polar surface area (TPSA) is 58.6 Å². The molecule has 2 N–H and O–H groups in total. The molecule has 3 rings (SSSR count). The first-order chi connectivity index (χ1) is 10.2. The van der Waals surface area contributed by atoms with Crippen molar-refractivity contribution >= 4 is 5.91 Å². The predicted octanol–water partition coefficient (Wildman–Crippen LogP) is 1.22. The van der Waals surface area contributed by atoms with Crippen molar-refractivity contribution in [2.45, 2.75) is 37.5 Å². The molecule has 4 nitrogen and oxygen atoms in total. The van der Waals surface area contributed by atoms with Gasteiger partial charge in [-0.3, -0.25) is 4.79 Å². The van der Waals surface area contributed by atoms with Crippen molar-refractivity contribution in [3.05, 3.63) is 35.1 Å². The van der Waals surface area contributed by atoms with Crippen LogP contribution < -0.4 is 5.32 Å². The molecule has 0 radical (unpaired) electrons.